The molecular formula is C12H13N5O. The third-order valence-electron chi connectivity index (χ3n) is 2.36. The van der Waals surface area contributed by atoms with Crippen LogP contribution in [0.3, 0.4) is 0 Å². The molecule has 2 rings (SSSR count). The molecule has 1 amide bonds. The molecule has 2 N–H and O–H groups in total. The Labute approximate surface area is 105 Å². The lowest BCUT2D eigenvalue weighted by Crippen LogP contribution is -2.16. The Balaban J connectivity index is 2.19. The van der Waals surface area contributed by atoms with E-state index in [1.165, 1.54) is 6.20 Å². The molecule has 0 saturated carbocycles. The molecule has 0 unspecified atom stereocenters. The van der Waals surface area contributed by atoms with Crippen LogP contribution in [0.1, 0.15) is 16.1 Å². The highest BCUT2D eigenvalue weighted by atomic mass is 16.1. The monoisotopic (exact) mass is 243 g/mol. The zero-order valence-electron chi connectivity index (χ0n) is 10.1. The fraction of sp³-hybridized carbons (Fsp3) is 0.167. The highest BCUT2D eigenvalue weighted by Crippen LogP contribution is 2.10. The van der Waals surface area contributed by atoms with Gasteiger partial charge in [-0.3, -0.25) is 9.78 Å². The molecule has 0 saturated heterocycles. The second kappa shape index (κ2) is 5.22. The minimum absolute atomic E-state index is 0.243. The summed E-state index contributed by atoms with van der Waals surface area (Å²) in [6.45, 7) is 1.87. The number of hydrogen-bond donors (Lipinski definition) is 2. The summed E-state index contributed by atoms with van der Waals surface area (Å²) in [6, 6.07) is 3.69. The zero-order chi connectivity index (χ0) is 13.0. The molecule has 2 aromatic rings. The molecule has 0 atom stereocenters. The maximum Gasteiger partial charge on any atom is 0.277 e. The van der Waals surface area contributed by atoms with Crippen molar-refractivity contribution in [3.05, 3.63) is 42.0 Å². The maximum atomic E-state index is 12.0. The van der Waals surface area contributed by atoms with Crippen molar-refractivity contribution in [2.75, 3.05) is 17.7 Å². The standard InChI is InChI=1S/C12H13N5O/c1-8-4-3-5-15-11(8)17-12(18)9-6-14-7-10(13-2)16-9/h3-7H,1-2H3,(H,13,16)(H,15,17,18). The molecule has 0 bridgehead atoms. The van der Waals surface area contributed by atoms with Crippen molar-refractivity contribution in [1.82, 2.24) is 15.0 Å². The van der Waals surface area contributed by atoms with Gasteiger partial charge in [0.15, 0.2) is 0 Å². The Hall–Kier alpha value is -2.50. The van der Waals surface area contributed by atoms with E-state index in [0.717, 1.165) is 5.56 Å². The Morgan fingerprint density at radius 2 is 2.17 bits per heavy atom. The number of nitrogens with one attached hydrogen (secondary N) is 2. The fourth-order valence-electron chi connectivity index (χ4n) is 1.38. The van der Waals surface area contributed by atoms with Crippen molar-refractivity contribution in [3.63, 3.8) is 0 Å². The van der Waals surface area contributed by atoms with Gasteiger partial charge >= 0.3 is 0 Å². The maximum absolute atomic E-state index is 12.0. The summed E-state index contributed by atoms with van der Waals surface area (Å²) in [7, 11) is 1.72. The average molecular weight is 243 g/mol. The molecule has 6 heteroatoms. The molecule has 92 valence electrons. The summed E-state index contributed by atoms with van der Waals surface area (Å²) in [6.07, 6.45) is 4.58. The molecule has 0 fully saturated rings. The van der Waals surface area contributed by atoms with E-state index >= 15 is 0 Å². The van der Waals surface area contributed by atoms with Crippen LogP contribution < -0.4 is 10.6 Å². The number of aromatic nitrogens is 3. The SMILES string of the molecule is CNc1cncc(C(=O)Nc2ncccc2C)n1. The van der Waals surface area contributed by atoms with Gasteiger partial charge in [-0.1, -0.05) is 6.07 Å². The Kier molecular flexibility index (Phi) is 3.47. The number of anilines is 2. The summed E-state index contributed by atoms with van der Waals surface area (Å²) in [5.41, 5.74) is 1.13. The van der Waals surface area contributed by atoms with Crippen LogP contribution in [0, 0.1) is 6.92 Å². The lowest BCUT2D eigenvalue weighted by Gasteiger charge is -2.06. The molecule has 18 heavy (non-hydrogen) atoms. The van der Waals surface area contributed by atoms with E-state index in [1.807, 2.05) is 19.1 Å². The first-order chi connectivity index (χ1) is 8.70. The lowest BCUT2D eigenvalue weighted by atomic mass is 10.3. The van der Waals surface area contributed by atoms with Gasteiger partial charge in [0.1, 0.15) is 17.3 Å². The van der Waals surface area contributed by atoms with Crippen molar-refractivity contribution >= 4 is 17.5 Å². The fourth-order valence-corrected chi connectivity index (χ4v) is 1.38. The Morgan fingerprint density at radius 1 is 1.33 bits per heavy atom. The van der Waals surface area contributed by atoms with Gasteiger partial charge in [0.05, 0.1) is 12.4 Å². The smallest absolute Gasteiger partial charge is 0.277 e. The molecule has 2 aromatic heterocycles. The largest absolute Gasteiger partial charge is 0.372 e. The van der Waals surface area contributed by atoms with E-state index in [4.69, 9.17) is 0 Å². The van der Waals surface area contributed by atoms with Crippen LogP contribution in [0.5, 0.6) is 0 Å². The van der Waals surface area contributed by atoms with Gasteiger partial charge in [0.25, 0.3) is 5.91 Å². The number of aryl methyl sites for hydroxylation is 1. The first kappa shape index (κ1) is 12.0. The van der Waals surface area contributed by atoms with Crippen LogP contribution in [0.15, 0.2) is 30.7 Å². The van der Waals surface area contributed by atoms with Crippen LogP contribution in [0.4, 0.5) is 11.6 Å². The van der Waals surface area contributed by atoms with E-state index in [0.29, 0.717) is 11.6 Å². The third kappa shape index (κ3) is 2.60. The first-order valence-corrected chi connectivity index (χ1v) is 5.43. The van der Waals surface area contributed by atoms with Gasteiger partial charge < -0.3 is 10.6 Å². The van der Waals surface area contributed by atoms with Gasteiger partial charge in [-0.05, 0) is 18.6 Å². The van der Waals surface area contributed by atoms with Crippen LogP contribution in [-0.2, 0) is 0 Å². The highest BCUT2D eigenvalue weighted by molar-refractivity contribution is 6.02. The van der Waals surface area contributed by atoms with Crippen LogP contribution in [0.25, 0.3) is 0 Å². The van der Waals surface area contributed by atoms with E-state index in [2.05, 4.69) is 25.6 Å². The number of rotatable bonds is 3. The topological polar surface area (TPSA) is 79.8 Å². The number of nitrogens with zero attached hydrogens (tertiary/aromatic N) is 3. The normalized spacial score (nSPS) is 9.89. The van der Waals surface area contributed by atoms with Gasteiger partial charge in [-0.2, -0.15) is 0 Å². The van der Waals surface area contributed by atoms with E-state index in [1.54, 1.807) is 19.4 Å². The predicted octanol–water partition coefficient (Wildman–Crippen LogP) is 1.47. The van der Waals surface area contributed by atoms with Crippen molar-refractivity contribution in [3.8, 4) is 0 Å². The van der Waals surface area contributed by atoms with Crippen molar-refractivity contribution in [2.45, 2.75) is 6.92 Å². The third-order valence-corrected chi connectivity index (χ3v) is 2.36. The summed E-state index contributed by atoms with van der Waals surface area (Å²) in [4.78, 5) is 24.1. The Morgan fingerprint density at radius 3 is 2.89 bits per heavy atom. The van der Waals surface area contributed by atoms with Gasteiger partial charge in [0, 0.05) is 13.2 Å². The second-order valence-corrected chi connectivity index (χ2v) is 3.66. The van der Waals surface area contributed by atoms with Crippen molar-refractivity contribution < 1.29 is 4.79 Å². The predicted molar refractivity (Wildman–Crippen MR) is 68.5 cm³/mol. The zero-order valence-corrected chi connectivity index (χ0v) is 10.1. The number of pyridine rings is 1. The summed E-state index contributed by atoms with van der Waals surface area (Å²) in [5, 5.41) is 5.53. The minimum atomic E-state index is -0.332. The van der Waals surface area contributed by atoms with E-state index in [-0.39, 0.29) is 11.6 Å². The second-order valence-electron chi connectivity index (χ2n) is 3.66. The van der Waals surface area contributed by atoms with Crippen LogP contribution >= 0.6 is 0 Å². The molecule has 0 aliphatic rings. The molecule has 0 radical (unpaired) electrons. The van der Waals surface area contributed by atoms with Crippen LogP contribution in [0.2, 0.25) is 0 Å². The molecular weight excluding hydrogens is 230 g/mol. The quantitative estimate of drug-likeness (QED) is 0.853. The molecule has 2 heterocycles. The summed E-state index contributed by atoms with van der Waals surface area (Å²) in [5.74, 6) is 0.737. The van der Waals surface area contributed by atoms with Crippen molar-refractivity contribution in [1.29, 1.82) is 0 Å². The Bertz CT molecular complexity index is 570. The summed E-state index contributed by atoms with van der Waals surface area (Å²) >= 11 is 0. The molecule has 0 aliphatic carbocycles. The van der Waals surface area contributed by atoms with E-state index in [9.17, 15) is 4.79 Å². The average Bonchev–Trinajstić information content (AvgIpc) is 2.41. The van der Waals surface area contributed by atoms with Crippen LogP contribution in [-0.4, -0.2) is 27.9 Å². The van der Waals surface area contributed by atoms with E-state index < -0.39 is 0 Å². The molecule has 0 aliphatic heterocycles. The highest BCUT2D eigenvalue weighted by Gasteiger charge is 2.10. The lowest BCUT2D eigenvalue weighted by molar-refractivity contribution is 0.102. The first-order valence-electron chi connectivity index (χ1n) is 5.43. The van der Waals surface area contributed by atoms with Gasteiger partial charge in [0.2, 0.25) is 0 Å². The number of hydrogen-bond acceptors (Lipinski definition) is 5. The van der Waals surface area contributed by atoms with Crippen molar-refractivity contribution in [2.24, 2.45) is 0 Å². The van der Waals surface area contributed by atoms with Gasteiger partial charge in [-0.15, -0.1) is 0 Å². The molecule has 0 aromatic carbocycles. The molecule has 0 spiro atoms. The minimum Gasteiger partial charge on any atom is -0.372 e. The number of amides is 1. The number of carbonyl (C=O) groups is 1. The van der Waals surface area contributed by atoms with Gasteiger partial charge in [-0.25, -0.2) is 9.97 Å². The molecule has 6 nitrogen and oxygen atoms in total. The summed E-state index contributed by atoms with van der Waals surface area (Å²) < 4.78 is 0. The number of carbonyl (C=O) groups excluding carboxylic acids is 1.